The van der Waals surface area contributed by atoms with Gasteiger partial charge in [0.2, 0.25) is 10.0 Å². The molecule has 120 valence electrons. The Morgan fingerprint density at radius 2 is 1.38 bits per heavy atom. The summed E-state index contributed by atoms with van der Waals surface area (Å²) >= 11 is 0. The normalized spacial score (nSPS) is 14.3. The third-order valence-electron chi connectivity index (χ3n) is 3.10. The quantitative estimate of drug-likeness (QED) is 0.829. The lowest BCUT2D eigenvalue weighted by atomic mass is 10.1. The zero-order chi connectivity index (χ0) is 16.3. The fraction of sp³-hybridized carbons (Fsp3) is 0.571. The molecule has 21 heavy (non-hydrogen) atoms. The Kier molecular flexibility index (Phi) is 5.95. The Hall–Kier alpha value is -0.920. The molecule has 0 aliphatic rings. The number of benzene rings is 1. The highest BCUT2D eigenvalue weighted by molar-refractivity contribution is 7.90. The molecular weight excluding hydrogens is 310 g/mol. The summed E-state index contributed by atoms with van der Waals surface area (Å²) in [4.78, 5) is 0.181. The summed E-state index contributed by atoms with van der Waals surface area (Å²) in [7, 11) is -6.94. The summed E-state index contributed by atoms with van der Waals surface area (Å²) < 4.78 is 49.7. The van der Waals surface area contributed by atoms with Crippen molar-refractivity contribution in [1.82, 2.24) is 4.72 Å². The van der Waals surface area contributed by atoms with Gasteiger partial charge in [0.25, 0.3) is 0 Å². The Morgan fingerprint density at radius 1 is 0.905 bits per heavy atom. The molecule has 0 aromatic heterocycles. The number of hydrogen-bond donors (Lipinski definition) is 1. The van der Waals surface area contributed by atoms with Crippen molar-refractivity contribution in [2.45, 2.75) is 49.4 Å². The average molecular weight is 333 g/mol. The van der Waals surface area contributed by atoms with Gasteiger partial charge in [-0.15, -0.1) is 0 Å². The highest BCUT2D eigenvalue weighted by Crippen LogP contribution is 2.15. The molecule has 0 spiro atoms. The molecule has 1 aromatic rings. The summed E-state index contributed by atoms with van der Waals surface area (Å²) in [6.45, 7) is 6.00. The zero-order valence-corrected chi connectivity index (χ0v) is 14.5. The summed E-state index contributed by atoms with van der Waals surface area (Å²) in [6.07, 6.45) is 2.79. The van der Waals surface area contributed by atoms with E-state index >= 15 is 0 Å². The third kappa shape index (κ3) is 5.76. The molecule has 0 amide bonds. The molecule has 0 bridgehead atoms. The van der Waals surface area contributed by atoms with Gasteiger partial charge < -0.3 is 0 Å². The van der Waals surface area contributed by atoms with Crippen LogP contribution < -0.4 is 4.72 Å². The Morgan fingerprint density at radius 3 is 1.81 bits per heavy atom. The highest BCUT2D eigenvalue weighted by atomic mass is 32.2. The second-order valence-corrected chi connectivity index (χ2v) is 9.47. The van der Waals surface area contributed by atoms with E-state index in [1.54, 1.807) is 0 Å². The largest absolute Gasteiger partial charge is 0.240 e. The molecule has 1 atom stereocenters. The van der Waals surface area contributed by atoms with Crippen LogP contribution in [0.5, 0.6) is 0 Å². The van der Waals surface area contributed by atoms with Crippen LogP contribution in [0.1, 0.15) is 33.6 Å². The van der Waals surface area contributed by atoms with E-state index in [0.29, 0.717) is 5.92 Å². The van der Waals surface area contributed by atoms with Crippen LogP contribution in [0, 0.1) is 5.92 Å². The van der Waals surface area contributed by atoms with Crippen molar-refractivity contribution in [3.63, 3.8) is 0 Å². The number of sulfone groups is 1. The molecule has 0 saturated heterocycles. The van der Waals surface area contributed by atoms with Crippen LogP contribution in [0.2, 0.25) is 0 Å². The van der Waals surface area contributed by atoms with Gasteiger partial charge in [-0.1, -0.05) is 13.8 Å². The minimum Gasteiger partial charge on any atom is -0.224 e. The molecule has 0 saturated carbocycles. The van der Waals surface area contributed by atoms with Crippen molar-refractivity contribution in [2.75, 3.05) is 6.26 Å². The molecule has 1 unspecified atom stereocenters. The molecular formula is C14H23NO4S2. The second-order valence-electron chi connectivity index (χ2n) is 5.74. The topological polar surface area (TPSA) is 80.3 Å². The zero-order valence-electron chi connectivity index (χ0n) is 12.8. The SMILES string of the molecule is CC(C)CCC(C)NS(=O)(=O)c1ccc(S(C)(=O)=O)cc1. The molecule has 7 heteroatoms. The Balaban J connectivity index is 2.84. The maximum absolute atomic E-state index is 12.2. The second kappa shape index (κ2) is 6.89. The summed E-state index contributed by atoms with van der Waals surface area (Å²) in [6, 6.07) is 5.08. The van der Waals surface area contributed by atoms with Crippen molar-refractivity contribution in [2.24, 2.45) is 5.92 Å². The van der Waals surface area contributed by atoms with Crippen molar-refractivity contribution in [3.8, 4) is 0 Å². The van der Waals surface area contributed by atoms with Crippen LogP contribution in [0.4, 0.5) is 0 Å². The first-order valence-electron chi connectivity index (χ1n) is 6.85. The first kappa shape index (κ1) is 18.1. The molecule has 1 N–H and O–H groups in total. The van der Waals surface area contributed by atoms with E-state index in [1.165, 1.54) is 24.3 Å². The Bertz CT molecular complexity index is 661. The maximum atomic E-state index is 12.2. The summed E-state index contributed by atoms with van der Waals surface area (Å²) in [5.74, 6) is 0.519. The van der Waals surface area contributed by atoms with Gasteiger partial charge in [-0.2, -0.15) is 0 Å². The van der Waals surface area contributed by atoms with Crippen molar-refractivity contribution in [3.05, 3.63) is 24.3 Å². The minimum atomic E-state index is -3.61. The third-order valence-corrected chi connectivity index (χ3v) is 5.83. The van der Waals surface area contributed by atoms with Crippen molar-refractivity contribution in [1.29, 1.82) is 0 Å². The predicted molar refractivity (Wildman–Crippen MR) is 83.4 cm³/mol. The van der Waals surface area contributed by atoms with Gasteiger partial charge >= 0.3 is 0 Å². The molecule has 0 aliphatic carbocycles. The predicted octanol–water partition coefficient (Wildman–Crippen LogP) is 2.19. The summed E-state index contributed by atoms with van der Waals surface area (Å²) in [5, 5.41) is 0. The number of hydrogen-bond acceptors (Lipinski definition) is 4. The van der Waals surface area contributed by atoms with Gasteiger partial charge in [-0.05, 0) is 49.9 Å². The van der Waals surface area contributed by atoms with Crippen molar-refractivity contribution >= 4 is 19.9 Å². The number of sulfonamides is 1. The van der Waals surface area contributed by atoms with Crippen LogP contribution in [0.3, 0.4) is 0 Å². The van der Waals surface area contributed by atoms with Crippen molar-refractivity contribution < 1.29 is 16.8 Å². The first-order valence-corrected chi connectivity index (χ1v) is 10.2. The molecule has 1 aromatic carbocycles. The van der Waals surface area contributed by atoms with E-state index in [1.807, 2.05) is 6.92 Å². The first-order chi connectivity index (χ1) is 9.52. The molecule has 0 aliphatic heterocycles. The molecule has 0 radical (unpaired) electrons. The fourth-order valence-electron chi connectivity index (χ4n) is 1.84. The van der Waals surface area contributed by atoms with Gasteiger partial charge in [-0.25, -0.2) is 21.6 Å². The van der Waals surface area contributed by atoms with Gasteiger partial charge in [0.1, 0.15) is 0 Å². The highest BCUT2D eigenvalue weighted by Gasteiger charge is 2.18. The van der Waals surface area contributed by atoms with Gasteiger partial charge in [0, 0.05) is 12.3 Å². The summed E-state index contributed by atoms with van der Waals surface area (Å²) in [5.41, 5.74) is 0. The van der Waals surface area contributed by atoms with Gasteiger partial charge in [0.15, 0.2) is 9.84 Å². The molecule has 0 heterocycles. The lowest BCUT2D eigenvalue weighted by Crippen LogP contribution is -2.32. The van der Waals surface area contributed by atoms with E-state index in [0.717, 1.165) is 19.1 Å². The number of nitrogens with one attached hydrogen (secondary N) is 1. The number of rotatable bonds is 7. The van der Waals surface area contributed by atoms with E-state index in [4.69, 9.17) is 0 Å². The molecule has 5 nitrogen and oxygen atoms in total. The molecule has 1 rings (SSSR count). The standard InChI is InChI=1S/C14H23NO4S2/c1-11(2)5-6-12(3)15-21(18,19)14-9-7-13(8-10-14)20(4,16)17/h7-12,15H,5-6H2,1-4H3. The monoisotopic (exact) mass is 333 g/mol. The minimum absolute atomic E-state index is 0.0753. The van der Waals surface area contributed by atoms with E-state index in [2.05, 4.69) is 18.6 Å². The van der Waals surface area contributed by atoms with Gasteiger partial charge in [0.05, 0.1) is 9.79 Å². The van der Waals surface area contributed by atoms with E-state index in [9.17, 15) is 16.8 Å². The Labute approximate surface area is 127 Å². The van der Waals surface area contributed by atoms with Gasteiger partial charge in [-0.3, -0.25) is 0 Å². The van der Waals surface area contributed by atoms with Crippen LogP contribution in [-0.4, -0.2) is 29.1 Å². The fourth-order valence-corrected chi connectivity index (χ4v) is 3.75. The van der Waals surface area contributed by atoms with Crippen LogP contribution in [0.15, 0.2) is 34.1 Å². The van der Waals surface area contributed by atoms with Crippen LogP contribution in [-0.2, 0) is 19.9 Å². The molecule has 0 fully saturated rings. The smallest absolute Gasteiger partial charge is 0.224 e. The lowest BCUT2D eigenvalue weighted by molar-refractivity contribution is 0.485. The average Bonchev–Trinajstić information content (AvgIpc) is 2.35. The van der Waals surface area contributed by atoms with Crippen LogP contribution in [0.25, 0.3) is 0 Å². The lowest BCUT2D eigenvalue weighted by Gasteiger charge is -2.15. The van der Waals surface area contributed by atoms with E-state index in [-0.39, 0.29) is 15.8 Å². The van der Waals surface area contributed by atoms with E-state index < -0.39 is 19.9 Å². The van der Waals surface area contributed by atoms with Crippen LogP contribution >= 0.6 is 0 Å². The maximum Gasteiger partial charge on any atom is 0.240 e.